The summed E-state index contributed by atoms with van der Waals surface area (Å²) in [6, 6.07) is 44.4. The molecule has 0 amide bonds. The monoisotopic (exact) mass is 476 g/mol. The number of hydrogen-bond acceptors (Lipinski definition) is 4. The summed E-state index contributed by atoms with van der Waals surface area (Å²) in [6.45, 7) is 0. The van der Waals surface area contributed by atoms with E-state index >= 15 is 0 Å². The van der Waals surface area contributed by atoms with E-state index in [-0.39, 0.29) is 0 Å². The summed E-state index contributed by atoms with van der Waals surface area (Å²) < 4.78 is 0. The molecule has 37 heavy (non-hydrogen) atoms. The third-order valence-corrected chi connectivity index (χ3v) is 6.91. The molecule has 7 rings (SSSR count). The highest BCUT2D eigenvalue weighted by Gasteiger charge is 2.25. The number of hydrazine groups is 2. The summed E-state index contributed by atoms with van der Waals surface area (Å²) in [6.07, 6.45) is 2.00. The van der Waals surface area contributed by atoms with Gasteiger partial charge in [0.15, 0.2) is 0 Å². The van der Waals surface area contributed by atoms with Crippen LogP contribution in [0.2, 0.25) is 0 Å². The van der Waals surface area contributed by atoms with Crippen molar-refractivity contribution in [1.82, 2.24) is 15.9 Å². The second-order valence-corrected chi connectivity index (χ2v) is 9.15. The fourth-order valence-electron chi connectivity index (χ4n) is 5.06. The van der Waals surface area contributed by atoms with Crippen LogP contribution >= 0.6 is 0 Å². The first-order valence-corrected chi connectivity index (χ1v) is 12.4. The van der Waals surface area contributed by atoms with Gasteiger partial charge in [0.25, 0.3) is 0 Å². The van der Waals surface area contributed by atoms with E-state index in [0.717, 1.165) is 39.5 Å². The lowest BCUT2D eigenvalue weighted by Crippen LogP contribution is -2.37. The van der Waals surface area contributed by atoms with Crippen LogP contribution in [0, 0.1) is 0 Å². The fraction of sp³-hybridized carbons (Fsp3) is 0. The minimum absolute atomic E-state index is 0.964. The lowest BCUT2D eigenvalue weighted by atomic mass is 10.0. The minimum atomic E-state index is 0.964. The summed E-state index contributed by atoms with van der Waals surface area (Å²) in [5.41, 5.74) is 14.2. The Kier molecular flexibility index (Phi) is 5.16. The first-order chi connectivity index (χ1) is 18.3. The van der Waals surface area contributed by atoms with Crippen molar-refractivity contribution in [2.45, 2.75) is 0 Å². The molecule has 176 valence electrons. The number of aromatic nitrogens is 1. The molecule has 4 nitrogen and oxygen atoms in total. The van der Waals surface area contributed by atoms with E-state index in [4.69, 9.17) is 4.98 Å². The van der Waals surface area contributed by atoms with Crippen LogP contribution in [0.4, 0.5) is 5.69 Å². The van der Waals surface area contributed by atoms with Crippen LogP contribution < -0.4 is 16.0 Å². The quantitative estimate of drug-likeness (QED) is 0.260. The van der Waals surface area contributed by atoms with Gasteiger partial charge in [-0.3, -0.25) is 9.99 Å². The molecular weight excluding hydrogens is 452 g/mol. The van der Waals surface area contributed by atoms with E-state index < -0.39 is 0 Å². The number of nitrogens with one attached hydrogen (secondary N) is 2. The maximum Gasteiger partial charge on any atom is 0.0919 e. The van der Waals surface area contributed by atoms with Crippen molar-refractivity contribution in [3.8, 4) is 11.3 Å². The molecule has 1 aromatic heterocycles. The van der Waals surface area contributed by atoms with Crippen LogP contribution in [-0.4, -0.2) is 4.98 Å². The maximum atomic E-state index is 4.82. The predicted octanol–water partition coefficient (Wildman–Crippen LogP) is 7.41. The average Bonchev–Trinajstić information content (AvgIpc) is 3.43. The van der Waals surface area contributed by atoms with Gasteiger partial charge in [-0.1, -0.05) is 109 Å². The molecule has 1 aliphatic heterocycles. The molecule has 0 bridgehead atoms. The molecule has 0 spiro atoms. The lowest BCUT2D eigenvalue weighted by molar-refractivity contribution is 0.693. The second kappa shape index (κ2) is 8.94. The number of benzene rings is 5. The van der Waals surface area contributed by atoms with E-state index in [9.17, 15) is 0 Å². The Bertz CT molecular complexity index is 1760. The first-order valence-electron chi connectivity index (χ1n) is 12.4. The molecule has 6 aromatic rings. The van der Waals surface area contributed by atoms with Gasteiger partial charge in [-0.25, -0.2) is 0 Å². The number of pyridine rings is 1. The molecule has 0 fully saturated rings. The number of fused-ring (bicyclic) bond motifs is 3. The molecule has 2 N–H and O–H groups in total. The first kappa shape index (κ1) is 21.4. The van der Waals surface area contributed by atoms with Crippen molar-refractivity contribution in [1.29, 1.82) is 0 Å². The summed E-state index contributed by atoms with van der Waals surface area (Å²) in [5, 5.41) is 6.94. The zero-order valence-corrected chi connectivity index (χ0v) is 20.1. The molecule has 0 saturated heterocycles. The average molecular weight is 477 g/mol. The van der Waals surface area contributed by atoms with Crippen LogP contribution in [0.5, 0.6) is 0 Å². The Labute approximate surface area is 215 Å². The zero-order chi connectivity index (χ0) is 24.6. The largest absolute Gasteiger partial charge is 0.301 e. The predicted molar refractivity (Wildman–Crippen MR) is 153 cm³/mol. The van der Waals surface area contributed by atoms with Crippen molar-refractivity contribution >= 4 is 38.6 Å². The third-order valence-electron chi connectivity index (χ3n) is 6.91. The van der Waals surface area contributed by atoms with Gasteiger partial charge in [-0.2, -0.15) is 0 Å². The van der Waals surface area contributed by atoms with E-state index in [0.29, 0.717) is 0 Å². The van der Waals surface area contributed by atoms with Gasteiger partial charge in [0.05, 0.1) is 22.8 Å². The van der Waals surface area contributed by atoms with E-state index in [2.05, 4.69) is 131 Å². The Morgan fingerprint density at radius 3 is 2.00 bits per heavy atom. The molecule has 1 aliphatic rings. The van der Waals surface area contributed by atoms with E-state index in [1.165, 1.54) is 21.5 Å². The van der Waals surface area contributed by atoms with Gasteiger partial charge in [-0.05, 0) is 34.4 Å². The van der Waals surface area contributed by atoms with E-state index in [1.807, 2.05) is 18.3 Å². The number of nitrogens with zero attached hydrogens (tertiary/aromatic N) is 2. The molecule has 0 saturated carbocycles. The van der Waals surface area contributed by atoms with E-state index in [1.54, 1.807) is 0 Å². The third kappa shape index (κ3) is 3.80. The SMILES string of the molecule is c1ccc(C2=C(c3ccccc3)N(c3ccc(-c4cc5ccc6ccccc6c5cn4)cc3)NN2)cc1. The summed E-state index contributed by atoms with van der Waals surface area (Å²) in [5.74, 6) is 0. The zero-order valence-electron chi connectivity index (χ0n) is 20.1. The second-order valence-electron chi connectivity index (χ2n) is 9.15. The normalized spacial score (nSPS) is 13.4. The van der Waals surface area contributed by atoms with Crippen molar-refractivity contribution in [3.63, 3.8) is 0 Å². The van der Waals surface area contributed by atoms with Crippen LogP contribution in [0.1, 0.15) is 11.1 Å². The van der Waals surface area contributed by atoms with Crippen molar-refractivity contribution in [2.75, 3.05) is 5.01 Å². The van der Waals surface area contributed by atoms with Gasteiger partial charge in [-0.15, -0.1) is 5.53 Å². The van der Waals surface area contributed by atoms with Crippen LogP contribution in [-0.2, 0) is 0 Å². The maximum absolute atomic E-state index is 4.82. The highest BCUT2D eigenvalue weighted by Crippen LogP contribution is 2.35. The molecule has 0 unspecified atom stereocenters. The highest BCUT2D eigenvalue weighted by atomic mass is 15.7. The molecule has 0 radical (unpaired) electrons. The highest BCUT2D eigenvalue weighted by molar-refractivity contribution is 6.07. The summed E-state index contributed by atoms with van der Waals surface area (Å²) in [7, 11) is 0. The van der Waals surface area contributed by atoms with Crippen LogP contribution in [0.3, 0.4) is 0 Å². The lowest BCUT2D eigenvalue weighted by Gasteiger charge is -2.21. The Balaban J connectivity index is 1.26. The Morgan fingerprint density at radius 1 is 0.541 bits per heavy atom. The van der Waals surface area contributed by atoms with Gasteiger partial charge in [0.1, 0.15) is 0 Å². The van der Waals surface area contributed by atoms with Crippen molar-refractivity contribution in [2.24, 2.45) is 0 Å². The van der Waals surface area contributed by atoms with Gasteiger partial charge >= 0.3 is 0 Å². The van der Waals surface area contributed by atoms with Gasteiger partial charge < -0.3 is 5.43 Å². The molecule has 2 heterocycles. The topological polar surface area (TPSA) is 40.2 Å². The number of rotatable bonds is 4. The van der Waals surface area contributed by atoms with Crippen molar-refractivity contribution < 1.29 is 0 Å². The van der Waals surface area contributed by atoms with Crippen LogP contribution in [0.25, 0.3) is 44.2 Å². The summed E-state index contributed by atoms with van der Waals surface area (Å²) in [4.78, 5) is 4.82. The van der Waals surface area contributed by atoms with Gasteiger partial charge in [0.2, 0.25) is 0 Å². The fourth-order valence-corrected chi connectivity index (χ4v) is 5.06. The minimum Gasteiger partial charge on any atom is -0.301 e. The van der Waals surface area contributed by atoms with Crippen LogP contribution in [0.15, 0.2) is 134 Å². The Hall–Kier alpha value is -4.93. The molecule has 5 aromatic carbocycles. The standard InChI is InChI=1S/C33H24N4/c1-3-10-25(11-4-1)32-33(26-12-5-2-6-13-26)37(36-35-32)28-19-17-24(18-20-28)31-21-27-16-15-23-9-7-8-14-29(23)30(27)22-34-31/h1-22,35-36H. The molecule has 0 atom stereocenters. The smallest absolute Gasteiger partial charge is 0.0919 e. The molecule has 0 aliphatic carbocycles. The van der Waals surface area contributed by atoms with Gasteiger partial charge in [0, 0.05) is 28.3 Å². The Morgan fingerprint density at radius 2 is 1.22 bits per heavy atom. The number of anilines is 1. The summed E-state index contributed by atoms with van der Waals surface area (Å²) >= 11 is 0. The number of hydrogen-bond donors (Lipinski definition) is 2. The molecule has 4 heteroatoms. The molecular formula is C33H24N4. The van der Waals surface area contributed by atoms with Crippen molar-refractivity contribution in [3.05, 3.63) is 145 Å².